The molecule has 0 spiro atoms. The molecule has 0 aliphatic carbocycles. The highest BCUT2D eigenvalue weighted by Gasteiger charge is 2.00. The number of nitrogens with one attached hydrogen (secondary N) is 1. The molecular formula is C12H14N2O. The molecule has 15 heavy (non-hydrogen) atoms. The lowest BCUT2D eigenvalue weighted by molar-refractivity contribution is -0.115. The molecule has 0 radical (unpaired) electrons. The first-order valence-electron chi connectivity index (χ1n) is 4.75. The third-order valence-corrected chi connectivity index (χ3v) is 2.02. The van der Waals surface area contributed by atoms with E-state index in [0.29, 0.717) is 13.1 Å². The van der Waals surface area contributed by atoms with Gasteiger partial charge in [-0.15, -0.1) is 0 Å². The average molecular weight is 202 g/mol. The molecule has 1 amide bonds. The van der Waals surface area contributed by atoms with Crippen LogP contribution in [0.2, 0.25) is 0 Å². The summed E-state index contributed by atoms with van der Waals surface area (Å²) in [7, 11) is 0. The third-order valence-electron chi connectivity index (χ3n) is 2.02. The number of carbonyl (C=O) groups is 1. The zero-order valence-corrected chi connectivity index (χ0v) is 8.71. The molecule has 0 aliphatic heterocycles. The van der Waals surface area contributed by atoms with Crippen LogP contribution < -0.4 is 11.1 Å². The van der Waals surface area contributed by atoms with Crippen LogP contribution in [0.25, 0.3) is 0 Å². The molecule has 1 aromatic carbocycles. The fraction of sp³-hybridized carbons (Fsp3) is 0.250. The van der Waals surface area contributed by atoms with Crippen molar-refractivity contribution in [2.24, 2.45) is 5.73 Å². The van der Waals surface area contributed by atoms with Crippen LogP contribution >= 0.6 is 0 Å². The van der Waals surface area contributed by atoms with Gasteiger partial charge in [-0.25, -0.2) is 0 Å². The van der Waals surface area contributed by atoms with Crippen molar-refractivity contribution in [2.45, 2.75) is 20.0 Å². The van der Waals surface area contributed by atoms with Crippen LogP contribution in [0.4, 0.5) is 0 Å². The van der Waals surface area contributed by atoms with Crippen molar-refractivity contribution in [3.8, 4) is 11.8 Å². The topological polar surface area (TPSA) is 55.1 Å². The summed E-state index contributed by atoms with van der Waals surface area (Å²) in [6.45, 7) is 2.58. The monoisotopic (exact) mass is 202 g/mol. The quantitative estimate of drug-likeness (QED) is 0.712. The molecule has 0 saturated heterocycles. The Balaban J connectivity index is 2.63. The Morgan fingerprint density at radius 2 is 2.07 bits per heavy atom. The Morgan fingerprint density at radius 1 is 1.40 bits per heavy atom. The zero-order chi connectivity index (χ0) is 11.1. The second-order valence-electron chi connectivity index (χ2n) is 3.03. The highest BCUT2D eigenvalue weighted by molar-refractivity contribution is 5.93. The lowest BCUT2D eigenvalue weighted by Gasteiger charge is -2.06. The lowest BCUT2D eigenvalue weighted by atomic mass is 10.1. The van der Waals surface area contributed by atoms with Crippen molar-refractivity contribution >= 4 is 5.91 Å². The van der Waals surface area contributed by atoms with E-state index in [-0.39, 0.29) is 5.91 Å². The van der Waals surface area contributed by atoms with Crippen molar-refractivity contribution in [3.05, 3.63) is 35.4 Å². The fourth-order valence-electron chi connectivity index (χ4n) is 1.26. The van der Waals surface area contributed by atoms with Crippen LogP contribution in [0.1, 0.15) is 18.1 Å². The van der Waals surface area contributed by atoms with Crippen molar-refractivity contribution < 1.29 is 4.79 Å². The number of amides is 1. The van der Waals surface area contributed by atoms with Gasteiger partial charge < -0.3 is 11.1 Å². The molecule has 0 atom stereocenters. The molecule has 0 bridgehead atoms. The summed E-state index contributed by atoms with van der Waals surface area (Å²) < 4.78 is 0. The van der Waals surface area contributed by atoms with Crippen LogP contribution in [-0.4, -0.2) is 5.91 Å². The van der Waals surface area contributed by atoms with Crippen LogP contribution in [0.5, 0.6) is 0 Å². The van der Waals surface area contributed by atoms with E-state index in [2.05, 4.69) is 17.2 Å². The molecule has 3 heteroatoms. The van der Waals surface area contributed by atoms with Crippen molar-refractivity contribution in [1.82, 2.24) is 5.32 Å². The summed E-state index contributed by atoms with van der Waals surface area (Å²) in [6.07, 6.45) is 0. The molecular weight excluding hydrogens is 188 g/mol. The average Bonchev–Trinajstić information content (AvgIpc) is 2.27. The first-order chi connectivity index (χ1) is 7.27. The van der Waals surface area contributed by atoms with Crippen LogP contribution in [-0.2, 0) is 17.9 Å². The minimum Gasteiger partial charge on any atom is -0.341 e. The molecule has 3 nitrogen and oxygen atoms in total. The summed E-state index contributed by atoms with van der Waals surface area (Å²) in [4.78, 5) is 11.1. The smallest absolute Gasteiger partial charge is 0.296 e. The summed E-state index contributed by atoms with van der Waals surface area (Å²) in [5.41, 5.74) is 7.65. The maximum Gasteiger partial charge on any atom is 0.296 e. The van der Waals surface area contributed by atoms with Gasteiger partial charge in [0.25, 0.3) is 5.91 Å². The fourth-order valence-corrected chi connectivity index (χ4v) is 1.26. The van der Waals surface area contributed by atoms with E-state index in [0.717, 1.165) is 11.1 Å². The van der Waals surface area contributed by atoms with Crippen LogP contribution in [0.15, 0.2) is 24.3 Å². The molecule has 78 valence electrons. The van der Waals surface area contributed by atoms with Gasteiger partial charge in [0.1, 0.15) is 0 Å². The number of nitrogens with two attached hydrogens (primary N) is 1. The van der Waals surface area contributed by atoms with Gasteiger partial charge >= 0.3 is 0 Å². The number of hydrogen-bond acceptors (Lipinski definition) is 2. The Labute approximate surface area is 89.7 Å². The predicted molar refractivity (Wildman–Crippen MR) is 59.6 cm³/mol. The highest BCUT2D eigenvalue weighted by atomic mass is 16.1. The Bertz CT molecular complexity index is 402. The molecule has 1 rings (SSSR count). The molecule has 1 aromatic rings. The minimum absolute atomic E-state index is 0.260. The first kappa shape index (κ1) is 11.3. The van der Waals surface area contributed by atoms with Gasteiger partial charge in [-0.3, -0.25) is 4.79 Å². The first-order valence-corrected chi connectivity index (χ1v) is 4.75. The highest BCUT2D eigenvalue weighted by Crippen LogP contribution is 2.06. The van der Waals surface area contributed by atoms with Gasteiger partial charge in [0.05, 0.1) is 0 Å². The van der Waals surface area contributed by atoms with E-state index in [4.69, 9.17) is 5.73 Å². The third kappa shape index (κ3) is 3.45. The minimum atomic E-state index is -0.260. The van der Waals surface area contributed by atoms with E-state index < -0.39 is 0 Å². The molecule has 0 unspecified atom stereocenters. The Kier molecular flexibility index (Phi) is 4.39. The molecule has 0 fully saturated rings. The van der Waals surface area contributed by atoms with Crippen molar-refractivity contribution in [1.29, 1.82) is 0 Å². The van der Waals surface area contributed by atoms with E-state index in [1.54, 1.807) is 6.92 Å². The van der Waals surface area contributed by atoms with Crippen LogP contribution in [0.3, 0.4) is 0 Å². The normalized spacial score (nSPS) is 8.93. The number of benzene rings is 1. The SMILES string of the molecule is CC#CC(=O)NCc1ccccc1CN. The van der Waals surface area contributed by atoms with Gasteiger partial charge in [0.2, 0.25) is 0 Å². The summed E-state index contributed by atoms with van der Waals surface area (Å²) in [5, 5.41) is 2.71. The predicted octanol–water partition coefficient (Wildman–Crippen LogP) is 0.785. The maximum absolute atomic E-state index is 11.1. The van der Waals surface area contributed by atoms with E-state index in [9.17, 15) is 4.79 Å². The van der Waals surface area contributed by atoms with Gasteiger partial charge in [-0.2, -0.15) is 0 Å². The molecule has 0 heterocycles. The molecule has 0 saturated carbocycles. The van der Waals surface area contributed by atoms with E-state index in [1.165, 1.54) is 0 Å². The standard InChI is InChI=1S/C12H14N2O/c1-2-5-12(15)14-9-11-7-4-3-6-10(11)8-13/h3-4,6-7H,8-9,13H2,1H3,(H,14,15). The molecule has 3 N–H and O–H groups in total. The second kappa shape index (κ2) is 5.84. The zero-order valence-electron chi connectivity index (χ0n) is 8.71. The van der Waals surface area contributed by atoms with Crippen molar-refractivity contribution in [3.63, 3.8) is 0 Å². The molecule has 0 aromatic heterocycles. The molecule has 0 aliphatic rings. The van der Waals surface area contributed by atoms with Crippen molar-refractivity contribution in [2.75, 3.05) is 0 Å². The Hall–Kier alpha value is -1.79. The number of hydrogen-bond donors (Lipinski definition) is 2. The number of rotatable bonds is 3. The van der Waals surface area contributed by atoms with Gasteiger partial charge in [0, 0.05) is 13.1 Å². The maximum atomic E-state index is 11.1. The summed E-state index contributed by atoms with van der Waals surface area (Å²) in [6, 6.07) is 7.75. The second-order valence-corrected chi connectivity index (χ2v) is 3.03. The number of carbonyl (C=O) groups excluding carboxylic acids is 1. The Morgan fingerprint density at radius 3 is 2.67 bits per heavy atom. The van der Waals surface area contributed by atoms with Gasteiger partial charge in [-0.1, -0.05) is 30.2 Å². The lowest BCUT2D eigenvalue weighted by Crippen LogP contribution is -2.21. The summed E-state index contributed by atoms with van der Waals surface area (Å²) in [5.74, 6) is 4.71. The van der Waals surface area contributed by atoms with Gasteiger partial charge in [-0.05, 0) is 24.0 Å². The van der Waals surface area contributed by atoms with Crippen LogP contribution in [0, 0.1) is 11.8 Å². The summed E-state index contributed by atoms with van der Waals surface area (Å²) >= 11 is 0. The van der Waals surface area contributed by atoms with E-state index >= 15 is 0 Å². The van der Waals surface area contributed by atoms with Gasteiger partial charge in [0.15, 0.2) is 0 Å². The van der Waals surface area contributed by atoms with E-state index in [1.807, 2.05) is 24.3 Å². The largest absolute Gasteiger partial charge is 0.341 e.